The number of phenolic OH excluding ortho intramolecular Hbond substituents is 1. The number of benzene rings is 1. The lowest BCUT2D eigenvalue weighted by Gasteiger charge is -2.25. The number of nitrogens with one attached hydrogen (secondary N) is 1. The number of amides is 3. The monoisotopic (exact) mass is 468 g/mol. The fraction of sp³-hybridized carbons (Fsp3) is 0.545. The number of thioether (sulfide) groups is 1. The van der Waals surface area contributed by atoms with Gasteiger partial charge in [-0.2, -0.15) is 0 Å². The summed E-state index contributed by atoms with van der Waals surface area (Å²) in [6, 6.07) is 6.59. The van der Waals surface area contributed by atoms with Crippen LogP contribution in [-0.2, 0) is 19.1 Å². The van der Waals surface area contributed by atoms with Crippen LogP contribution in [0.1, 0.15) is 33.1 Å². The summed E-state index contributed by atoms with van der Waals surface area (Å²) >= 11 is 1.43. The molecule has 0 saturated carbocycles. The second-order valence-corrected chi connectivity index (χ2v) is 8.92. The molecule has 0 saturated heterocycles. The Morgan fingerprint density at radius 1 is 1.16 bits per heavy atom. The number of methoxy groups -OCH3 is 1. The lowest BCUT2D eigenvalue weighted by Crippen LogP contribution is -2.41. The van der Waals surface area contributed by atoms with Crippen molar-refractivity contribution in [2.24, 2.45) is 17.8 Å². The number of aromatic hydroxyl groups is 1. The first-order valence-electron chi connectivity index (χ1n) is 10.3. The van der Waals surface area contributed by atoms with E-state index in [4.69, 9.17) is 0 Å². The fourth-order valence-corrected chi connectivity index (χ4v) is 4.21. The minimum Gasteiger partial charge on any atom is -0.508 e. The van der Waals surface area contributed by atoms with Crippen LogP contribution < -0.4 is 5.32 Å². The third-order valence-corrected chi connectivity index (χ3v) is 5.98. The van der Waals surface area contributed by atoms with Crippen molar-refractivity contribution in [1.82, 2.24) is 10.2 Å². The Morgan fingerprint density at radius 3 is 2.31 bits per heavy atom. The van der Waals surface area contributed by atoms with Crippen LogP contribution in [0.25, 0.3) is 0 Å². The number of ether oxygens (including phenoxy) is 1. The van der Waals surface area contributed by atoms with Crippen molar-refractivity contribution in [3.05, 3.63) is 24.3 Å². The van der Waals surface area contributed by atoms with E-state index >= 15 is 0 Å². The van der Waals surface area contributed by atoms with Gasteiger partial charge in [0.25, 0.3) is 0 Å². The molecule has 178 valence electrons. The summed E-state index contributed by atoms with van der Waals surface area (Å²) < 4.78 is 4.47. The van der Waals surface area contributed by atoms with Crippen LogP contribution in [-0.4, -0.2) is 65.4 Å². The third-order valence-electron chi connectivity index (χ3n) is 4.78. The molecule has 0 radical (unpaired) electrons. The molecular weight excluding hydrogens is 436 g/mol. The number of imide groups is 1. The number of carboxylic acids is 1. The summed E-state index contributed by atoms with van der Waals surface area (Å²) in [6.45, 7) is 4.06. The van der Waals surface area contributed by atoms with Crippen molar-refractivity contribution in [2.75, 3.05) is 26.5 Å². The fourth-order valence-electron chi connectivity index (χ4n) is 3.15. The van der Waals surface area contributed by atoms with E-state index in [2.05, 4.69) is 10.1 Å². The second-order valence-electron chi connectivity index (χ2n) is 7.83. The van der Waals surface area contributed by atoms with E-state index in [1.807, 2.05) is 13.8 Å². The highest BCUT2D eigenvalue weighted by Crippen LogP contribution is 2.30. The van der Waals surface area contributed by atoms with Crippen LogP contribution in [0, 0.1) is 17.8 Å². The first kappa shape index (κ1) is 27.3. The molecule has 0 aromatic heterocycles. The molecular formula is C22H32N2O7S. The maximum atomic E-state index is 12.7. The molecule has 1 aromatic carbocycles. The number of phenols is 1. The van der Waals surface area contributed by atoms with Gasteiger partial charge >= 0.3 is 12.1 Å². The highest BCUT2D eigenvalue weighted by Gasteiger charge is 2.35. The molecule has 32 heavy (non-hydrogen) atoms. The number of carbonyl (C=O) groups is 4. The van der Waals surface area contributed by atoms with Gasteiger partial charge in [0.1, 0.15) is 11.7 Å². The van der Waals surface area contributed by atoms with Gasteiger partial charge in [0.15, 0.2) is 0 Å². The summed E-state index contributed by atoms with van der Waals surface area (Å²) in [5, 5.41) is 21.8. The topological polar surface area (TPSA) is 133 Å². The molecule has 1 aromatic rings. The van der Waals surface area contributed by atoms with E-state index in [1.165, 1.54) is 25.9 Å². The van der Waals surface area contributed by atoms with E-state index < -0.39 is 35.7 Å². The average molecular weight is 469 g/mol. The van der Waals surface area contributed by atoms with Gasteiger partial charge in [0.2, 0.25) is 11.8 Å². The van der Waals surface area contributed by atoms with Crippen molar-refractivity contribution in [3.63, 3.8) is 0 Å². The first-order chi connectivity index (χ1) is 15.1. The van der Waals surface area contributed by atoms with Crippen molar-refractivity contribution < 1.29 is 34.1 Å². The van der Waals surface area contributed by atoms with Crippen LogP contribution in [0.2, 0.25) is 0 Å². The van der Waals surface area contributed by atoms with Crippen LogP contribution in [0.4, 0.5) is 4.79 Å². The normalized spacial score (nSPS) is 12.7. The van der Waals surface area contributed by atoms with E-state index in [-0.39, 0.29) is 31.1 Å². The number of carbonyl (C=O) groups excluding carboxylic acids is 3. The number of hydrogen-bond donors (Lipinski definition) is 3. The number of hydrogen-bond acceptors (Lipinski definition) is 7. The molecule has 0 unspecified atom stereocenters. The quantitative estimate of drug-likeness (QED) is 0.242. The lowest BCUT2D eigenvalue weighted by molar-refractivity contribution is -0.149. The van der Waals surface area contributed by atoms with Gasteiger partial charge in [-0.15, -0.1) is 11.8 Å². The number of aliphatic carboxylic acids is 1. The number of rotatable bonds is 12. The maximum Gasteiger partial charge on any atom is 0.415 e. The van der Waals surface area contributed by atoms with Crippen LogP contribution in [0.5, 0.6) is 5.75 Å². The molecule has 10 heteroatoms. The van der Waals surface area contributed by atoms with Crippen molar-refractivity contribution >= 4 is 35.6 Å². The minimum atomic E-state index is -1.23. The summed E-state index contributed by atoms with van der Waals surface area (Å²) in [7, 11) is 2.47. The molecule has 1 rings (SSSR count). The zero-order valence-corrected chi connectivity index (χ0v) is 19.7. The Morgan fingerprint density at radius 2 is 1.78 bits per heavy atom. The lowest BCUT2D eigenvalue weighted by atomic mass is 9.86. The summed E-state index contributed by atoms with van der Waals surface area (Å²) in [6.07, 6.45) is 0.0517. The van der Waals surface area contributed by atoms with Gasteiger partial charge in [-0.3, -0.25) is 19.3 Å². The smallest absolute Gasteiger partial charge is 0.415 e. The molecule has 0 aliphatic heterocycles. The Hall–Kier alpha value is -2.75. The Kier molecular flexibility index (Phi) is 11.6. The van der Waals surface area contributed by atoms with Gasteiger partial charge in [-0.1, -0.05) is 13.8 Å². The number of carboxylic acid groups (broad SMARTS) is 1. The van der Waals surface area contributed by atoms with Crippen LogP contribution in [0.3, 0.4) is 0 Å². The second kappa shape index (κ2) is 13.6. The van der Waals surface area contributed by atoms with E-state index in [9.17, 15) is 29.4 Å². The SMILES string of the molecule is COC(=O)N(C)C(=O)CCCNC(=O)[C@@H](C(=O)O)[C@H](CSc1ccc(O)cc1)CC(C)C. The Bertz CT molecular complexity index is 783. The van der Waals surface area contributed by atoms with Gasteiger partial charge < -0.3 is 20.3 Å². The zero-order valence-electron chi connectivity index (χ0n) is 18.9. The standard InChI is InChI=1S/C22H32N2O7S/c1-14(2)12-15(13-32-17-9-7-16(25)8-10-17)19(21(28)29)20(27)23-11-5-6-18(26)24(3)22(30)31-4/h7-10,14-15,19,25H,5-6,11-13H2,1-4H3,(H,23,27)(H,28,29)/t15-,19-/m0/s1. The predicted molar refractivity (Wildman–Crippen MR) is 120 cm³/mol. The van der Waals surface area contributed by atoms with Gasteiger partial charge in [-0.25, -0.2) is 4.79 Å². The Labute approximate surface area is 192 Å². The van der Waals surface area contributed by atoms with Gasteiger partial charge in [0.05, 0.1) is 7.11 Å². The molecule has 3 amide bonds. The van der Waals surface area contributed by atoms with Crippen molar-refractivity contribution in [1.29, 1.82) is 0 Å². The van der Waals surface area contributed by atoms with E-state index in [0.717, 1.165) is 9.80 Å². The van der Waals surface area contributed by atoms with Gasteiger partial charge in [0, 0.05) is 30.7 Å². The first-order valence-corrected chi connectivity index (χ1v) is 11.3. The number of nitrogens with zero attached hydrogens (tertiary/aromatic N) is 1. The molecule has 0 aliphatic carbocycles. The minimum absolute atomic E-state index is 0.00967. The van der Waals surface area contributed by atoms with Crippen LogP contribution in [0.15, 0.2) is 29.2 Å². The summed E-state index contributed by atoms with van der Waals surface area (Å²) in [4.78, 5) is 49.6. The molecule has 9 nitrogen and oxygen atoms in total. The predicted octanol–water partition coefficient (Wildman–Crippen LogP) is 2.97. The molecule has 0 fully saturated rings. The Balaban J connectivity index is 2.70. The highest BCUT2D eigenvalue weighted by atomic mass is 32.2. The van der Waals surface area contributed by atoms with Gasteiger partial charge in [-0.05, 0) is 48.9 Å². The van der Waals surface area contributed by atoms with Crippen LogP contribution >= 0.6 is 11.8 Å². The molecule has 3 N–H and O–H groups in total. The average Bonchev–Trinajstić information content (AvgIpc) is 2.74. The summed E-state index contributed by atoms with van der Waals surface area (Å²) in [5.74, 6) is -3.11. The molecule has 0 spiro atoms. The molecule has 0 aliphatic rings. The van der Waals surface area contributed by atoms with E-state index in [1.54, 1.807) is 24.3 Å². The zero-order chi connectivity index (χ0) is 24.3. The van der Waals surface area contributed by atoms with E-state index in [0.29, 0.717) is 12.2 Å². The largest absolute Gasteiger partial charge is 0.508 e. The molecule has 2 atom stereocenters. The highest BCUT2D eigenvalue weighted by molar-refractivity contribution is 7.99. The van der Waals surface area contributed by atoms with Crippen molar-refractivity contribution in [2.45, 2.75) is 38.0 Å². The van der Waals surface area contributed by atoms with Crippen molar-refractivity contribution in [3.8, 4) is 5.75 Å². The third kappa shape index (κ3) is 9.17. The maximum absolute atomic E-state index is 12.7. The molecule has 0 heterocycles. The summed E-state index contributed by atoms with van der Waals surface area (Å²) in [5.41, 5.74) is 0. The molecule has 0 bridgehead atoms.